The van der Waals surface area contributed by atoms with E-state index in [-0.39, 0.29) is 24.0 Å². The molecule has 0 spiro atoms. The average Bonchev–Trinajstić information content (AvgIpc) is 2.39. The summed E-state index contributed by atoms with van der Waals surface area (Å²) in [5.74, 6) is 1.84. The molecule has 1 aliphatic heterocycles. The summed E-state index contributed by atoms with van der Waals surface area (Å²) in [6, 6.07) is 0.479. The number of piperidine rings is 1. The first-order valence-electron chi connectivity index (χ1n) is 7.35. The van der Waals surface area contributed by atoms with E-state index in [1.54, 1.807) is 0 Å². The molecule has 1 atom stereocenters. The van der Waals surface area contributed by atoms with E-state index in [1.807, 2.05) is 7.05 Å². The Bertz CT molecular complexity index is 250. The lowest BCUT2D eigenvalue weighted by atomic mass is 9.99. The number of nitrogens with one attached hydrogen (secondary N) is 2. The summed E-state index contributed by atoms with van der Waals surface area (Å²) in [6.45, 7) is 11.3. The summed E-state index contributed by atoms with van der Waals surface area (Å²) >= 11 is 0. The molecule has 0 aliphatic carbocycles. The topological polar surface area (TPSA) is 39.7 Å². The highest BCUT2D eigenvalue weighted by molar-refractivity contribution is 14.0. The van der Waals surface area contributed by atoms with Gasteiger partial charge in [-0.3, -0.25) is 4.99 Å². The lowest BCUT2D eigenvalue weighted by Crippen LogP contribution is -2.45. The minimum Gasteiger partial charge on any atom is -0.355 e. The number of nitrogens with zero attached hydrogens (tertiary/aromatic N) is 2. The molecule has 19 heavy (non-hydrogen) atoms. The number of halogens is 1. The lowest BCUT2D eigenvalue weighted by molar-refractivity contribution is 0.195. The Morgan fingerprint density at radius 2 is 2.00 bits per heavy atom. The van der Waals surface area contributed by atoms with E-state index < -0.39 is 0 Å². The second-order valence-electron chi connectivity index (χ2n) is 5.48. The third kappa shape index (κ3) is 7.97. The monoisotopic (exact) mass is 382 g/mol. The SMILES string of the molecule is CCC(C)NC(=NC)NCCN1CCC(C)CC1.I. The molecule has 1 unspecified atom stereocenters. The zero-order valence-corrected chi connectivity index (χ0v) is 15.2. The largest absolute Gasteiger partial charge is 0.355 e. The molecule has 0 radical (unpaired) electrons. The summed E-state index contributed by atoms with van der Waals surface area (Å²) in [7, 11) is 1.83. The number of likely N-dealkylation sites (tertiary alicyclic amines) is 1. The van der Waals surface area contributed by atoms with Crippen LogP contribution in [0.3, 0.4) is 0 Å². The van der Waals surface area contributed by atoms with Crippen LogP contribution in [-0.4, -0.2) is 50.1 Å². The van der Waals surface area contributed by atoms with Crippen molar-refractivity contribution in [1.29, 1.82) is 0 Å². The van der Waals surface area contributed by atoms with Crippen molar-refractivity contribution in [3.05, 3.63) is 0 Å². The Morgan fingerprint density at radius 3 is 2.53 bits per heavy atom. The molecule has 0 aromatic carbocycles. The smallest absolute Gasteiger partial charge is 0.191 e. The normalized spacial score (nSPS) is 19.7. The van der Waals surface area contributed by atoms with Gasteiger partial charge in [0.05, 0.1) is 0 Å². The molecule has 0 saturated carbocycles. The molecule has 0 aromatic heterocycles. The molecule has 4 nitrogen and oxygen atoms in total. The van der Waals surface area contributed by atoms with Crippen LogP contribution in [0.5, 0.6) is 0 Å². The first kappa shape index (κ1) is 19.0. The number of guanidine groups is 1. The van der Waals surface area contributed by atoms with Crippen LogP contribution in [0, 0.1) is 5.92 Å². The van der Waals surface area contributed by atoms with Gasteiger partial charge in [0, 0.05) is 26.2 Å². The molecule has 0 amide bonds. The summed E-state index contributed by atoms with van der Waals surface area (Å²) in [6.07, 6.45) is 3.81. The van der Waals surface area contributed by atoms with Crippen LogP contribution in [0.2, 0.25) is 0 Å². The van der Waals surface area contributed by atoms with Crippen molar-refractivity contribution < 1.29 is 0 Å². The van der Waals surface area contributed by atoms with Gasteiger partial charge in [0.15, 0.2) is 5.96 Å². The van der Waals surface area contributed by atoms with Crippen LogP contribution in [0.4, 0.5) is 0 Å². The third-order valence-electron chi connectivity index (χ3n) is 3.82. The van der Waals surface area contributed by atoms with Crippen molar-refractivity contribution in [3.8, 4) is 0 Å². The fraction of sp³-hybridized carbons (Fsp3) is 0.929. The number of aliphatic imine (C=N–C) groups is 1. The van der Waals surface area contributed by atoms with E-state index >= 15 is 0 Å². The van der Waals surface area contributed by atoms with Gasteiger partial charge in [0.2, 0.25) is 0 Å². The van der Waals surface area contributed by atoms with E-state index in [2.05, 4.69) is 41.3 Å². The van der Waals surface area contributed by atoms with Crippen LogP contribution >= 0.6 is 24.0 Å². The summed E-state index contributed by atoms with van der Waals surface area (Å²) in [5, 5.41) is 6.77. The van der Waals surface area contributed by atoms with Crippen molar-refractivity contribution in [2.75, 3.05) is 33.2 Å². The molecule has 5 heteroatoms. The van der Waals surface area contributed by atoms with Gasteiger partial charge in [0.25, 0.3) is 0 Å². The predicted octanol–water partition coefficient (Wildman–Crippen LogP) is 2.30. The highest BCUT2D eigenvalue weighted by atomic mass is 127. The molecule has 1 saturated heterocycles. The Kier molecular flexibility index (Phi) is 10.7. The van der Waals surface area contributed by atoms with E-state index in [0.717, 1.165) is 31.4 Å². The standard InChI is InChI=1S/C14H30N4.HI/c1-5-13(3)17-14(15-4)16-8-11-18-9-6-12(2)7-10-18;/h12-13H,5-11H2,1-4H3,(H2,15,16,17);1H. The maximum Gasteiger partial charge on any atom is 0.191 e. The van der Waals surface area contributed by atoms with Crippen molar-refractivity contribution in [2.45, 2.75) is 46.1 Å². The van der Waals surface area contributed by atoms with Gasteiger partial charge in [-0.25, -0.2) is 0 Å². The lowest BCUT2D eigenvalue weighted by Gasteiger charge is -2.30. The van der Waals surface area contributed by atoms with Crippen LogP contribution in [0.1, 0.15) is 40.0 Å². The molecule has 1 rings (SSSR count). The molecule has 1 fully saturated rings. The van der Waals surface area contributed by atoms with Crippen LogP contribution in [0.25, 0.3) is 0 Å². The van der Waals surface area contributed by atoms with Gasteiger partial charge in [-0.15, -0.1) is 24.0 Å². The van der Waals surface area contributed by atoms with Gasteiger partial charge >= 0.3 is 0 Å². The molecule has 1 heterocycles. The highest BCUT2D eigenvalue weighted by Crippen LogP contribution is 2.14. The molecule has 2 N–H and O–H groups in total. The van der Waals surface area contributed by atoms with Crippen molar-refractivity contribution in [1.82, 2.24) is 15.5 Å². The molecular weight excluding hydrogens is 351 g/mol. The third-order valence-corrected chi connectivity index (χ3v) is 3.82. The number of hydrogen-bond donors (Lipinski definition) is 2. The fourth-order valence-corrected chi connectivity index (χ4v) is 2.15. The van der Waals surface area contributed by atoms with E-state index in [0.29, 0.717) is 6.04 Å². The molecular formula is C14H31IN4. The quantitative estimate of drug-likeness (QED) is 0.436. The summed E-state index contributed by atoms with van der Waals surface area (Å²) in [5.41, 5.74) is 0. The molecule has 0 bridgehead atoms. The van der Waals surface area contributed by atoms with Gasteiger partial charge in [-0.1, -0.05) is 13.8 Å². The summed E-state index contributed by atoms with van der Waals surface area (Å²) < 4.78 is 0. The zero-order chi connectivity index (χ0) is 13.4. The minimum absolute atomic E-state index is 0. The molecule has 0 aromatic rings. The van der Waals surface area contributed by atoms with E-state index in [1.165, 1.54) is 25.9 Å². The number of rotatable bonds is 5. The maximum absolute atomic E-state index is 4.25. The zero-order valence-electron chi connectivity index (χ0n) is 12.9. The Labute approximate surface area is 135 Å². The first-order valence-corrected chi connectivity index (χ1v) is 7.35. The number of hydrogen-bond acceptors (Lipinski definition) is 2. The van der Waals surface area contributed by atoms with Crippen molar-refractivity contribution in [2.24, 2.45) is 10.9 Å². The maximum atomic E-state index is 4.25. The minimum atomic E-state index is 0. The highest BCUT2D eigenvalue weighted by Gasteiger charge is 2.14. The van der Waals surface area contributed by atoms with Gasteiger partial charge in [0.1, 0.15) is 0 Å². The van der Waals surface area contributed by atoms with Gasteiger partial charge < -0.3 is 15.5 Å². The van der Waals surface area contributed by atoms with E-state index in [9.17, 15) is 0 Å². The second kappa shape index (κ2) is 10.7. The van der Waals surface area contributed by atoms with Crippen LogP contribution in [0.15, 0.2) is 4.99 Å². The fourth-order valence-electron chi connectivity index (χ4n) is 2.15. The van der Waals surface area contributed by atoms with E-state index in [4.69, 9.17) is 0 Å². The Hall–Kier alpha value is -0.0400. The first-order chi connectivity index (χ1) is 8.65. The van der Waals surface area contributed by atoms with Gasteiger partial charge in [-0.05, 0) is 45.2 Å². The predicted molar refractivity (Wildman–Crippen MR) is 94.5 cm³/mol. The Balaban J connectivity index is 0.00000324. The van der Waals surface area contributed by atoms with Gasteiger partial charge in [-0.2, -0.15) is 0 Å². The molecule has 1 aliphatic rings. The average molecular weight is 382 g/mol. The molecule has 114 valence electrons. The van der Waals surface area contributed by atoms with Crippen molar-refractivity contribution in [3.63, 3.8) is 0 Å². The Morgan fingerprint density at radius 1 is 1.37 bits per heavy atom. The van der Waals surface area contributed by atoms with Crippen LogP contribution in [-0.2, 0) is 0 Å². The van der Waals surface area contributed by atoms with Crippen LogP contribution < -0.4 is 10.6 Å². The second-order valence-corrected chi connectivity index (χ2v) is 5.48. The van der Waals surface area contributed by atoms with Crippen molar-refractivity contribution >= 4 is 29.9 Å². The summed E-state index contributed by atoms with van der Waals surface area (Å²) in [4.78, 5) is 6.79.